The average molecular weight is 234 g/mol. The van der Waals surface area contributed by atoms with Crippen LogP contribution in [0.15, 0.2) is 30.3 Å². The second-order valence-electron chi connectivity index (χ2n) is 4.13. The molecule has 0 spiro atoms. The van der Waals surface area contributed by atoms with Crippen LogP contribution in [0.1, 0.15) is 19.4 Å². The predicted molar refractivity (Wildman–Crippen MR) is 67.8 cm³/mol. The van der Waals surface area contributed by atoms with Gasteiger partial charge in [-0.2, -0.15) is 0 Å². The van der Waals surface area contributed by atoms with E-state index in [9.17, 15) is 4.79 Å². The molecule has 0 fully saturated rings. The molecule has 1 aromatic rings. The molecule has 0 saturated heterocycles. The summed E-state index contributed by atoms with van der Waals surface area (Å²) in [6, 6.07) is 7.57. The zero-order valence-electron chi connectivity index (χ0n) is 10.5. The first kappa shape index (κ1) is 13.3. The number of hydrogen-bond acceptors (Lipinski definition) is 3. The summed E-state index contributed by atoms with van der Waals surface area (Å²) in [4.78, 5) is 10.9. The van der Waals surface area contributed by atoms with Crippen molar-refractivity contribution < 1.29 is 14.3 Å². The molecule has 0 saturated carbocycles. The van der Waals surface area contributed by atoms with Gasteiger partial charge in [0.25, 0.3) is 0 Å². The van der Waals surface area contributed by atoms with Crippen molar-refractivity contribution in [3.05, 3.63) is 35.9 Å². The number of hydrogen-bond donors (Lipinski definition) is 0. The summed E-state index contributed by atoms with van der Waals surface area (Å²) in [5, 5.41) is 0. The molecule has 0 radical (unpaired) electrons. The summed E-state index contributed by atoms with van der Waals surface area (Å²) in [5.74, 6) is 0.993. The molecule has 3 nitrogen and oxygen atoms in total. The predicted octanol–water partition coefficient (Wildman–Crippen LogP) is 2.91. The second kappa shape index (κ2) is 6.74. The topological polar surface area (TPSA) is 35.5 Å². The van der Waals surface area contributed by atoms with Crippen LogP contribution in [0.3, 0.4) is 0 Å². The van der Waals surface area contributed by atoms with Crippen molar-refractivity contribution in [2.75, 3.05) is 13.7 Å². The van der Waals surface area contributed by atoms with E-state index in [1.807, 2.05) is 24.3 Å². The molecule has 0 bridgehead atoms. The van der Waals surface area contributed by atoms with Gasteiger partial charge >= 0.3 is 5.97 Å². The van der Waals surface area contributed by atoms with Gasteiger partial charge in [0.2, 0.25) is 0 Å². The molecule has 1 rings (SSSR count). The van der Waals surface area contributed by atoms with E-state index in [0.717, 1.165) is 11.3 Å². The van der Waals surface area contributed by atoms with Gasteiger partial charge in [0.1, 0.15) is 5.75 Å². The van der Waals surface area contributed by atoms with Crippen LogP contribution in [0, 0.1) is 5.92 Å². The highest BCUT2D eigenvalue weighted by molar-refractivity contribution is 5.86. The Morgan fingerprint density at radius 1 is 1.29 bits per heavy atom. The van der Waals surface area contributed by atoms with Gasteiger partial charge in [0, 0.05) is 6.08 Å². The minimum absolute atomic E-state index is 0.356. The minimum Gasteiger partial charge on any atom is -0.493 e. The van der Waals surface area contributed by atoms with Crippen molar-refractivity contribution >= 4 is 12.0 Å². The maximum Gasteiger partial charge on any atom is 0.330 e. The molecule has 0 aliphatic rings. The van der Waals surface area contributed by atoms with Crippen LogP contribution in [0.5, 0.6) is 5.75 Å². The molecule has 92 valence electrons. The Bertz CT molecular complexity index is 377. The molecule has 0 amide bonds. The zero-order chi connectivity index (χ0) is 12.7. The first-order valence-electron chi connectivity index (χ1n) is 5.60. The first-order valence-corrected chi connectivity index (χ1v) is 5.60. The van der Waals surface area contributed by atoms with Gasteiger partial charge in [0.15, 0.2) is 0 Å². The summed E-state index contributed by atoms with van der Waals surface area (Å²) >= 11 is 0. The molecule has 0 aliphatic heterocycles. The number of rotatable bonds is 5. The van der Waals surface area contributed by atoms with Crippen molar-refractivity contribution in [3.8, 4) is 5.75 Å². The number of benzene rings is 1. The average Bonchev–Trinajstić information content (AvgIpc) is 2.34. The fraction of sp³-hybridized carbons (Fsp3) is 0.357. The van der Waals surface area contributed by atoms with Gasteiger partial charge in [-0.05, 0) is 29.7 Å². The lowest BCUT2D eigenvalue weighted by molar-refractivity contribution is -0.134. The third-order valence-electron chi connectivity index (χ3n) is 2.08. The molecule has 1 aromatic carbocycles. The molecule has 0 heterocycles. The van der Waals surface area contributed by atoms with E-state index in [2.05, 4.69) is 18.6 Å². The first-order chi connectivity index (χ1) is 8.11. The molecule has 0 N–H and O–H groups in total. The monoisotopic (exact) mass is 234 g/mol. The summed E-state index contributed by atoms with van der Waals surface area (Å²) in [7, 11) is 1.36. The SMILES string of the molecule is COC(=O)C=Cc1ccc(OCC(C)C)cc1. The fourth-order valence-electron chi connectivity index (χ4n) is 1.17. The molecular formula is C14H18O3. The van der Waals surface area contributed by atoms with E-state index in [-0.39, 0.29) is 5.97 Å². The molecular weight excluding hydrogens is 216 g/mol. The van der Waals surface area contributed by atoms with Gasteiger partial charge in [-0.1, -0.05) is 26.0 Å². The highest BCUT2D eigenvalue weighted by atomic mass is 16.5. The quantitative estimate of drug-likeness (QED) is 0.580. The van der Waals surface area contributed by atoms with Crippen LogP contribution in [0.25, 0.3) is 6.08 Å². The van der Waals surface area contributed by atoms with Crippen LogP contribution < -0.4 is 4.74 Å². The number of esters is 1. The highest BCUT2D eigenvalue weighted by Gasteiger charge is 1.97. The summed E-state index contributed by atoms with van der Waals surface area (Å²) in [6.45, 7) is 4.91. The number of ether oxygens (including phenoxy) is 2. The minimum atomic E-state index is -0.356. The van der Waals surface area contributed by atoms with Crippen LogP contribution in [0.4, 0.5) is 0 Å². The van der Waals surface area contributed by atoms with E-state index in [1.54, 1.807) is 6.08 Å². The van der Waals surface area contributed by atoms with Crippen LogP contribution in [-0.4, -0.2) is 19.7 Å². The summed E-state index contributed by atoms with van der Waals surface area (Å²) in [5.41, 5.74) is 0.937. The second-order valence-corrected chi connectivity index (χ2v) is 4.13. The summed E-state index contributed by atoms with van der Waals surface area (Å²) < 4.78 is 10.1. The number of methoxy groups -OCH3 is 1. The lowest BCUT2D eigenvalue weighted by atomic mass is 10.2. The lowest BCUT2D eigenvalue weighted by Gasteiger charge is -2.08. The van der Waals surface area contributed by atoms with Crippen molar-refractivity contribution in [1.29, 1.82) is 0 Å². The third-order valence-corrected chi connectivity index (χ3v) is 2.08. The molecule has 0 atom stereocenters. The molecule has 0 unspecified atom stereocenters. The standard InChI is InChI=1S/C14H18O3/c1-11(2)10-17-13-7-4-12(5-8-13)6-9-14(15)16-3/h4-9,11H,10H2,1-3H3. The molecule has 17 heavy (non-hydrogen) atoms. The zero-order valence-corrected chi connectivity index (χ0v) is 10.5. The maximum absolute atomic E-state index is 10.9. The smallest absolute Gasteiger partial charge is 0.330 e. The Labute approximate surface area is 102 Å². The normalized spacial score (nSPS) is 10.8. The Balaban J connectivity index is 2.55. The van der Waals surface area contributed by atoms with Crippen LogP contribution in [-0.2, 0) is 9.53 Å². The molecule has 3 heteroatoms. The summed E-state index contributed by atoms with van der Waals surface area (Å²) in [6.07, 6.45) is 3.10. The fourth-order valence-corrected chi connectivity index (χ4v) is 1.17. The highest BCUT2D eigenvalue weighted by Crippen LogP contribution is 2.14. The lowest BCUT2D eigenvalue weighted by Crippen LogP contribution is -2.04. The largest absolute Gasteiger partial charge is 0.493 e. The van der Waals surface area contributed by atoms with Gasteiger partial charge < -0.3 is 9.47 Å². The molecule has 0 aliphatic carbocycles. The van der Waals surface area contributed by atoms with Crippen molar-refractivity contribution in [3.63, 3.8) is 0 Å². The van der Waals surface area contributed by atoms with Crippen molar-refractivity contribution in [1.82, 2.24) is 0 Å². The Kier molecular flexibility index (Phi) is 5.27. The maximum atomic E-state index is 10.9. The van der Waals surface area contributed by atoms with E-state index < -0.39 is 0 Å². The van der Waals surface area contributed by atoms with Gasteiger partial charge in [-0.25, -0.2) is 4.79 Å². The van der Waals surface area contributed by atoms with E-state index in [0.29, 0.717) is 12.5 Å². The Morgan fingerprint density at radius 2 is 1.94 bits per heavy atom. The van der Waals surface area contributed by atoms with E-state index in [1.165, 1.54) is 13.2 Å². The number of carbonyl (C=O) groups excluding carboxylic acids is 1. The van der Waals surface area contributed by atoms with Gasteiger partial charge in [-0.3, -0.25) is 0 Å². The van der Waals surface area contributed by atoms with Crippen LogP contribution >= 0.6 is 0 Å². The van der Waals surface area contributed by atoms with Gasteiger partial charge in [0.05, 0.1) is 13.7 Å². The van der Waals surface area contributed by atoms with E-state index in [4.69, 9.17) is 4.74 Å². The van der Waals surface area contributed by atoms with E-state index >= 15 is 0 Å². The Hall–Kier alpha value is -1.77. The number of carbonyl (C=O) groups is 1. The van der Waals surface area contributed by atoms with Crippen molar-refractivity contribution in [2.45, 2.75) is 13.8 Å². The molecule has 0 aromatic heterocycles. The van der Waals surface area contributed by atoms with Crippen LogP contribution in [0.2, 0.25) is 0 Å². The third kappa shape index (κ3) is 5.20. The Morgan fingerprint density at radius 3 is 2.47 bits per heavy atom. The van der Waals surface area contributed by atoms with Crippen molar-refractivity contribution in [2.24, 2.45) is 5.92 Å². The van der Waals surface area contributed by atoms with Gasteiger partial charge in [-0.15, -0.1) is 0 Å².